The summed E-state index contributed by atoms with van der Waals surface area (Å²) in [6, 6.07) is -0.104. The number of hydrogen-bond donors (Lipinski definition) is 1. The average molecular weight is 229 g/mol. The normalized spacial score (nSPS) is 13.0. The zero-order valence-corrected chi connectivity index (χ0v) is 10.7. The fourth-order valence-corrected chi connectivity index (χ4v) is 1.29. The van der Waals surface area contributed by atoms with Crippen LogP contribution in [0.15, 0.2) is 0 Å². The highest BCUT2D eigenvalue weighted by Crippen LogP contribution is 2.09. The highest BCUT2D eigenvalue weighted by Gasteiger charge is 2.18. The van der Waals surface area contributed by atoms with Crippen molar-refractivity contribution in [2.24, 2.45) is 0 Å². The van der Waals surface area contributed by atoms with Crippen LogP contribution in [0.2, 0.25) is 0 Å². The molecule has 0 radical (unpaired) electrons. The quantitative estimate of drug-likeness (QED) is 0.712. The molecule has 0 saturated carbocycles. The van der Waals surface area contributed by atoms with E-state index >= 15 is 0 Å². The first kappa shape index (κ1) is 14.9. The minimum atomic E-state index is -0.499. The number of nitrogens with one attached hydrogen (secondary N) is 1. The molecule has 0 rings (SSSR count). The molecule has 4 nitrogen and oxygen atoms in total. The van der Waals surface area contributed by atoms with Crippen LogP contribution < -0.4 is 5.32 Å². The molecule has 94 valence electrons. The van der Waals surface area contributed by atoms with Gasteiger partial charge < -0.3 is 14.8 Å². The van der Waals surface area contributed by atoms with Crippen molar-refractivity contribution in [1.82, 2.24) is 5.32 Å². The summed E-state index contributed by atoms with van der Waals surface area (Å²) >= 11 is 0. The summed E-state index contributed by atoms with van der Waals surface area (Å²) in [5.74, 6) is 0. The Labute approximate surface area is 97.7 Å². The maximum Gasteiger partial charge on any atom is 0.407 e. The Balaban J connectivity index is 4.06. The summed E-state index contributed by atoms with van der Waals surface area (Å²) in [4.78, 5) is 21.9. The monoisotopic (exact) mass is 229 g/mol. The first-order valence-electron chi connectivity index (χ1n) is 5.82. The Hall–Kier alpha value is -1.06. The zero-order valence-electron chi connectivity index (χ0n) is 10.7. The fourth-order valence-electron chi connectivity index (χ4n) is 1.29. The minimum absolute atomic E-state index is 0.104. The number of hydrogen-bond acceptors (Lipinski definition) is 3. The molecule has 0 heterocycles. The summed E-state index contributed by atoms with van der Waals surface area (Å²) in [7, 11) is 0. The van der Waals surface area contributed by atoms with Gasteiger partial charge in [-0.2, -0.15) is 0 Å². The van der Waals surface area contributed by atoms with Crippen LogP contribution in [0.3, 0.4) is 0 Å². The highest BCUT2D eigenvalue weighted by molar-refractivity contribution is 5.68. The summed E-state index contributed by atoms with van der Waals surface area (Å²) < 4.78 is 5.13. The van der Waals surface area contributed by atoms with Crippen molar-refractivity contribution in [1.29, 1.82) is 0 Å². The number of carbonyl (C=O) groups excluding carboxylic acids is 2. The lowest BCUT2D eigenvalue weighted by atomic mass is 10.1. The molecule has 0 saturated heterocycles. The van der Waals surface area contributed by atoms with Crippen LogP contribution in [-0.4, -0.2) is 24.0 Å². The molecule has 0 fully saturated rings. The van der Waals surface area contributed by atoms with Gasteiger partial charge in [0.05, 0.1) is 0 Å². The van der Waals surface area contributed by atoms with Gasteiger partial charge in [-0.05, 0) is 27.2 Å². The molecule has 0 aromatic rings. The number of carbonyl (C=O) groups is 2. The van der Waals surface area contributed by atoms with Crippen molar-refractivity contribution in [2.45, 2.75) is 65.0 Å². The van der Waals surface area contributed by atoms with Gasteiger partial charge in [0.15, 0.2) is 0 Å². The molecule has 16 heavy (non-hydrogen) atoms. The van der Waals surface area contributed by atoms with Gasteiger partial charge in [-0.15, -0.1) is 0 Å². The summed E-state index contributed by atoms with van der Waals surface area (Å²) in [5.41, 5.74) is -0.499. The van der Waals surface area contributed by atoms with Gasteiger partial charge in [-0.25, -0.2) is 4.79 Å². The molecule has 0 aliphatic heterocycles. The van der Waals surface area contributed by atoms with Crippen molar-refractivity contribution >= 4 is 12.4 Å². The molecule has 0 aromatic heterocycles. The Morgan fingerprint density at radius 2 is 2.06 bits per heavy atom. The largest absolute Gasteiger partial charge is 0.444 e. The number of aldehydes is 1. The molecule has 1 atom stereocenters. The second-order valence-corrected chi connectivity index (χ2v) is 4.89. The van der Waals surface area contributed by atoms with Crippen LogP contribution in [0, 0.1) is 0 Å². The number of unbranched alkanes of at least 4 members (excludes halogenated alkanes) is 1. The summed E-state index contributed by atoms with van der Waals surface area (Å²) in [5, 5.41) is 2.72. The maximum absolute atomic E-state index is 11.5. The number of alkyl carbamates (subject to hydrolysis) is 1. The topological polar surface area (TPSA) is 55.4 Å². The van der Waals surface area contributed by atoms with E-state index in [9.17, 15) is 9.59 Å². The second-order valence-electron chi connectivity index (χ2n) is 4.89. The van der Waals surface area contributed by atoms with E-state index in [1.807, 2.05) is 20.8 Å². The first-order valence-corrected chi connectivity index (χ1v) is 5.82. The van der Waals surface area contributed by atoms with Gasteiger partial charge in [0.1, 0.15) is 11.9 Å². The molecule has 0 aromatic carbocycles. The van der Waals surface area contributed by atoms with E-state index in [-0.39, 0.29) is 6.04 Å². The van der Waals surface area contributed by atoms with Crippen molar-refractivity contribution < 1.29 is 14.3 Å². The molecule has 0 aliphatic carbocycles. The predicted molar refractivity (Wildman–Crippen MR) is 63.4 cm³/mol. The molecule has 0 unspecified atom stereocenters. The molecule has 4 heteroatoms. The first-order chi connectivity index (χ1) is 7.39. The third-order valence-electron chi connectivity index (χ3n) is 2.01. The lowest BCUT2D eigenvalue weighted by Crippen LogP contribution is -2.39. The average Bonchev–Trinajstić information content (AvgIpc) is 2.11. The zero-order chi connectivity index (χ0) is 12.6. The van der Waals surface area contributed by atoms with Crippen LogP contribution >= 0.6 is 0 Å². The number of rotatable bonds is 6. The fraction of sp³-hybridized carbons (Fsp3) is 0.833. The molecule has 1 amide bonds. The van der Waals surface area contributed by atoms with Crippen LogP contribution in [0.25, 0.3) is 0 Å². The summed E-state index contributed by atoms with van der Waals surface area (Å²) in [6.45, 7) is 7.51. The van der Waals surface area contributed by atoms with Crippen LogP contribution in [0.4, 0.5) is 4.79 Å². The molecule has 0 bridgehead atoms. The van der Waals surface area contributed by atoms with E-state index < -0.39 is 11.7 Å². The van der Waals surface area contributed by atoms with Crippen molar-refractivity contribution in [2.75, 3.05) is 0 Å². The van der Waals surface area contributed by atoms with E-state index in [0.717, 1.165) is 25.5 Å². The van der Waals surface area contributed by atoms with E-state index in [1.54, 1.807) is 0 Å². The summed E-state index contributed by atoms with van der Waals surface area (Å²) in [6.07, 6.45) is 3.58. The number of ether oxygens (including phenoxy) is 1. The van der Waals surface area contributed by atoms with Gasteiger partial charge >= 0.3 is 6.09 Å². The maximum atomic E-state index is 11.5. The Morgan fingerprint density at radius 3 is 2.50 bits per heavy atom. The van der Waals surface area contributed by atoms with Crippen molar-refractivity contribution in [3.8, 4) is 0 Å². The predicted octanol–water partition coefficient (Wildman–Crippen LogP) is 2.66. The van der Waals surface area contributed by atoms with Crippen LogP contribution in [0.5, 0.6) is 0 Å². The Morgan fingerprint density at radius 1 is 1.44 bits per heavy atom. The molecule has 0 spiro atoms. The van der Waals surface area contributed by atoms with Crippen LogP contribution in [0.1, 0.15) is 53.4 Å². The van der Waals surface area contributed by atoms with Crippen LogP contribution in [-0.2, 0) is 9.53 Å². The smallest absolute Gasteiger partial charge is 0.407 e. The highest BCUT2D eigenvalue weighted by atomic mass is 16.6. The third kappa shape index (κ3) is 8.26. The lowest BCUT2D eigenvalue weighted by molar-refractivity contribution is -0.108. The Bertz CT molecular complexity index is 221. The lowest BCUT2D eigenvalue weighted by Gasteiger charge is -2.22. The second kappa shape index (κ2) is 7.25. The standard InChI is InChI=1S/C12H23NO3/c1-5-6-7-10(8-9-14)13-11(15)16-12(2,3)4/h9-10H,5-8H2,1-4H3,(H,13,15)/t10-/m0/s1. The van der Waals surface area contributed by atoms with Crippen molar-refractivity contribution in [3.05, 3.63) is 0 Å². The van der Waals surface area contributed by atoms with Gasteiger partial charge in [0.25, 0.3) is 0 Å². The van der Waals surface area contributed by atoms with Gasteiger partial charge in [-0.1, -0.05) is 19.8 Å². The third-order valence-corrected chi connectivity index (χ3v) is 2.01. The van der Waals surface area contributed by atoms with E-state index in [2.05, 4.69) is 12.2 Å². The van der Waals surface area contributed by atoms with E-state index in [1.165, 1.54) is 0 Å². The van der Waals surface area contributed by atoms with Gasteiger partial charge in [0, 0.05) is 12.5 Å². The molecular weight excluding hydrogens is 206 g/mol. The molecule has 0 aliphatic rings. The molecular formula is C12H23NO3. The molecule has 1 N–H and O–H groups in total. The van der Waals surface area contributed by atoms with Gasteiger partial charge in [-0.3, -0.25) is 0 Å². The minimum Gasteiger partial charge on any atom is -0.444 e. The number of amides is 1. The van der Waals surface area contributed by atoms with E-state index in [0.29, 0.717) is 6.42 Å². The SMILES string of the molecule is CCCC[C@@H](CC=O)NC(=O)OC(C)(C)C. The Kier molecular flexibility index (Phi) is 6.77. The van der Waals surface area contributed by atoms with Crippen molar-refractivity contribution in [3.63, 3.8) is 0 Å². The van der Waals surface area contributed by atoms with E-state index in [4.69, 9.17) is 4.74 Å². The van der Waals surface area contributed by atoms with Gasteiger partial charge in [0.2, 0.25) is 0 Å².